The molecule has 0 rings (SSSR count). The zero-order valence-electron chi connectivity index (χ0n) is 17.9. The molecule has 0 atom stereocenters. The van der Waals surface area contributed by atoms with Gasteiger partial charge in [0.1, 0.15) is 26.4 Å². The lowest BCUT2D eigenvalue weighted by Gasteiger charge is -2.04. The normalized spacial score (nSPS) is 9.16. The number of esters is 4. The quantitative estimate of drug-likeness (QED) is 0.111. The summed E-state index contributed by atoms with van der Waals surface area (Å²) in [5.41, 5.74) is 0. The summed E-state index contributed by atoms with van der Waals surface area (Å²) in [5.74, 6) is -1.51. The first kappa shape index (κ1) is 30.0. The van der Waals surface area contributed by atoms with Crippen LogP contribution in [-0.2, 0) is 42.9 Å². The van der Waals surface area contributed by atoms with Gasteiger partial charge in [-0.25, -0.2) is 9.59 Å². The van der Waals surface area contributed by atoms with E-state index < -0.39 is 11.9 Å². The van der Waals surface area contributed by atoms with Gasteiger partial charge in [-0.15, -0.1) is 0 Å². The molecule has 0 aromatic rings. The molecule has 0 amide bonds. The van der Waals surface area contributed by atoms with Crippen LogP contribution >= 0.6 is 0 Å². The first-order valence-electron chi connectivity index (χ1n) is 9.60. The van der Waals surface area contributed by atoms with Crippen molar-refractivity contribution in [3.05, 3.63) is 50.6 Å². The monoisotopic (exact) mass is 440 g/mol. The summed E-state index contributed by atoms with van der Waals surface area (Å²) in [7, 11) is 0. The molecule has 0 spiro atoms. The van der Waals surface area contributed by atoms with Crippen LogP contribution in [-0.4, -0.2) is 63.5 Å². The minimum atomic E-state index is -0.489. The summed E-state index contributed by atoms with van der Waals surface area (Å²) in [6.07, 6.45) is 7.08. The molecule has 9 nitrogen and oxygen atoms in total. The molecule has 0 bridgehead atoms. The molecular weight excluding hydrogens is 408 g/mol. The van der Waals surface area contributed by atoms with Crippen molar-refractivity contribution in [2.45, 2.75) is 25.7 Å². The number of hydrogen-bond donors (Lipinski definition) is 0. The average molecular weight is 440 g/mol. The van der Waals surface area contributed by atoms with Crippen LogP contribution in [0.15, 0.2) is 50.6 Å². The minimum absolute atomic E-state index is 0.153. The number of carbonyl (C=O) groups excluding carboxylic acids is 4. The Morgan fingerprint density at radius 3 is 1.29 bits per heavy atom. The van der Waals surface area contributed by atoms with Crippen LogP contribution in [0.1, 0.15) is 25.7 Å². The van der Waals surface area contributed by atoms with Gasteiger partial charge >= 0.3 is 23.9 Å². The number of ether oxygens (including phenoxy) is 5. The molecule has 0 aromatic heterocycles. The van der Waals surface area contributed by atoms with E-state index in [2.05, 4.69) is 35.8 Å². The van der Waals surface area contributed by atoms with Crippen LogP contribution in [0.25, 0.3) is 0 Å². The smallest absolute Gasteiger partial charge is 0.330 e. The Balaban J connectivity index is 0. The van der Waals surface area contributed by atoms with Crippen molar-refractivity contribution in [1.29, 1.82) is 0 Å². The fourth-order valence-corrected chi connectivity index (χ4v) is 1.61. The van der Waals surface area contributed by atoms with Crippen LogP contribution in [0.3, 0.4) is 0 Å². The molecule has 31 heavy (non-hydrogen) atoms. The Bertz CT molecular complexity index is 532. The predicted octanol–water partition coefficient (Wildman–Crippen LogP) is 2.47. The van der Waals surface area contributed by atoms with Gasteiger partial charge in [-0.3, -0.25) is 9.59 Å². The van der Waals surface area contributed by atoms with Gasteiger partial charge in [-0.1, -0.05) is 38.5 Å². The summed E-state index contributed by atoms with van der Waals surface area (Å²) >= 11 is 0. The van der Waals surface area contributed by atoms with Crippen LogP contribution in [0, 0.1) is 0 Å². The van der Waals surface area contributed by atoms with E-state index in [-0.39, 0.29) is 51.6 Å². The van der Waals surface area contributed by atoms with Crippen LogP contribution in [0.2, 0.25) is 0 Å². The third-order valence-electron chi connectivity index (χ3n) is 3.01. The highest BCUT2D eigenvalue weighted by Crippen LogP contribution is 2.02. The fourth-order valence-electron chi connectivity index (χ4n) is 1.61. The zero-order valence-corrected chi connectivity index (χ0v) is 17.9. The molecule has 0 heterocycles. The van der Waals surface area contributed by atoms with Gasteiger partial charge in [0.05, 0.1) is 13.2 Å². The molecule has 0 aliphatic heterocycles. The van der Waals surface area contributed by atoms with Gasteiger partial charge < -0.3 is 23.7 Å². The molecule has 0 radical (unpaired) electrons. The largest absolute Gasteiger partial charge is 0.461 e. The van der Waals surface area contributed by atoms with E-state index >= 15 is 0 Å². The van der Waals surface area contributed by atoms with Crippen molar-refractivity contribution < 1.29 is 42.9 Å². The standard InChI is InChI=1S/C12H18O4.C10H14O5/c1-3-9-15-11(13)7-5-6-8-12(14)16-10-4-2;1-3-9(11)14-7-5-13-6-8-15-10(12)4-2/h3-4H,1-2,5-10H2;3-4H,1-2,5-8H2. The highest BCUT2D eigenvalue weighted by Gasteiger charge is 2.04. The zero-order chi connectivity index (χ0) is 23.7. The van der Waals surface area contributed by atoms with E-state index in [0.29, 0.717) is 25.7 Å². The Morgan fingerprint density at radius 1 is 0.581 bits per heavy atom. The number of unbranched alkanes of at least 4 members (excludes halogenated alkanes) is 1. The van der Waals surface area contributed by atoms with Crippen molar-refractivity contribution in [1.82, 2.24) is 0 Å². The molecule has 0 fully saturated rings. The lowest BCUT2D eigenvalue weighted by atomic mass is 10.2. The van der Waals surface area contributed by atoms with E-state index in [4.69, 9.17) is 14.2 Å². The highest BCUT2D eigenvalue weighted by atomic mass is 16.6. The van der Waals surface area contributed by atoms with Gasteiger partial charge in [0.2, 0.25) is 0 Å². The summed E-state index contributed by atoms with van der Waals surface area (Å²) in [4.78, 5) is 43.1. The highest BCUT2D eigenvalue weighted by molar-refractivity contribution is 5.81. The average Bonchev–Trinajstić information content (AvgIpc) is 2.78. The van der Waals surface area contributed by atoms with Gasteiger partial charge in [-0.05, 0) is 12.8 Å². The van der Waals surface area contributed by atoms with Crippen molar-refractivity contribution in [2.75, 3.05) is 39.6 Å². The van der Waals surface area contributed by atoms with Crippen molar-refractivity contribution >= 4 is 23.9 Å². The second-order valence-corrected chi connectivity index (χ2v) is 5.51. The topological polar surface area (TPSA) is 114 Å². The Kier molecular flexibility index (Phi) is 22.3. The lowest BCUT2D eigenvalue weighted by Crippen LogP contribution is -2.12. The van der Waals surface area contributed by atoms with Crippen molar-refractivity contribution in [2.24, 2.45) is 0 Å². The maximum atomic E-state index is 11.0. The van der Waals surface area contributed by atoms with Gasteiger partial charge in [0, 0.05) is 25.0 Å². The van der Waals surface area contributed by atoms with E-state index in [1.165, 1.54) is 12.2 Å². The molecular formula is C22H32O9. The minimum Gasteiger partial charge on any atom is -0.461 e. The maximum Gasteiger partial charge on any atom is 0.330 e. The Morgan fingerprint density at radius 2 is 0.968 bits per heavy atom. The van der Waals surface area contributed by atoms with Gasteiger partial charge in [0.25, 0.3) is 0 Å². The van der Waals surface area contributed by atoms with E-state index in [0.717, 1.165) is 12.2 Å². The first-order valence-corrected chi connectivity index (χ1v) is 9.60. The Labute approximate surface area is 183 Å². The third kappa shape index (κ3) is 24.8. The maximum absolute atomic E-state index is 11.0. The third-order valence-corrected chi connectivity index (χ3v) is 3.01. The number of carbonyl (C=O) groups is 4. The van der Waals surface area contributed by atoms with E-state index in [9.17, 15) is 19.2 Å². The summed E-state index contributed by atoms with van der Waals surface area (Å²) in [5, 5.41) is 0. The molecule has 0 unspecified atom stereocenters. The first-order chi connectivity index (χ1) is 14.9. The van der Waals surface area contributed by atoms with E-state index in [1.807, 2.05) is 0 Å². The van der Waals surface area contributed by atoms with E-state index in [1.54, 1.807) is 0 Å². The molecule has 9 heteroatoms. The SMILES string of the molecule is C=CC(=O)OCCOCCOC(=O)C=C.C=CCOC(=O)CCCCC(=O)OCC=C. The molecule has 0 saturated heterocycles. The Hall–Kier alpha value is -3.20. The van der Waals surface area contributed by atoms with Crippen molar-refractivity contribution in [3.63, 3.8) is 0 Å². The van der Waals surface area contributed by atoms with Gasteiger partial charge in [-0.2, -0.15) is 0 Å². The van der Waals surface area contributed by atoms with Crippen LogP contribution in [0.5, 0.6) is 0 Å². The predicted molar refractivity (Wildman–Crippen MR) is 114 cm³/mol. The molecule has 0 aliphatic carbocycles. The second-order valence-electron chi connectivity index (χ2n) is 5.51. The molecule has 0 N–H and O–H groups in total. The molecule has 0 aliphatic rings. The summed E-state index contributed by atoms with van der Waals surface area (Å²) in [6.45, 7) is 14.6. The number of rotatable bonds is 17. The fraction of sp³-hybridized carbons (Fsp3) is 0.455. The van der Waals surface area contributed by atoms with Gasteiger partial charge in [0.15, 0.2) is 0 Å². The second kappa shape index (κ2) is 23.1. The van der Waals surface area contributed by atoms with Crippen LogP contribution < -0.4 is 0 Å². The molecule has 174 valence electrons. The van der Waals surface area contributed by atoms with Crippen molar-refractivity contribution in [3.8, 4) is 0 Å². The summed E-state index contributed by atoms with van der Waals surface area (Å²) in [6, 6.07) is 0. The molecule has 0 saturated carbocycles. The number of hydrogen-bond acceptors (Lipinski definition) is 9. The summed E-state index contributed by atoms with van der Waals surface area (Å²) < 4.78 is 23.8. The lowest BCUT2D eigenvalue weighted by molar-refractivity contribution is -0.144. The molecule has 0 aromatic carbocycles. The van der Waals surface area contributed by atoms with Crippen LogP contribution in [0.4, 0.5) is 0 Å².